The number of nitrogens with one attached hydrogen (secondary N) is 1. The zero-order valence-corrected chi connectivity index (χ0v) is 11.7. The van der Waals surface area contributed by atoms with Gasteiger partial charge in [0.1, 0.15) is 5.75 Å². The van der Waals surface area contributed by atoms with E-state index in [1.54, 1.807) is 7.11 Å². The number of ether oxygens (including phenoxy) is 1. The van der Waals surface area contributed by atoms with Gasteiger partial charge >= 0.3 is 0 Å². The second-order valence-corrected chi connectivity index (χ2v) is 5.94. The Kier molecular flexibility index (Phi) is 2.86. The van der Waals surface area contributed by atoms with Gasteiger partial charge in [-0.05, 0) is 69.2 Å². The summed E-state index contributed by atoms with van der Waals surface area (Å²) in [6.45, 7) is 5.52. The van der Waals surface area contributed by atoms with Gasteiger partial charge in [-0.15, -0.1) is 0 Å². The Balaban J connectivity index is 2.14. The first-order chi connectivity index (χ1) is 8.67. The van der Waals surface area contributed by atoms with Crippen molar-refractivity contribution in [3.05, 3.63) is 28.8 Å². The van der Waals surface area contributed by atoms with Crippen molar-refractivity contribution in [2.24, 2.45) is 5.92 Å². The fraction of sp³-hybridized carbons (Fsp3) is 0.625. The van der Waals surface area contributed by atoms with Gasteiger partial charge in [-0.3, -0.25) is 0 Å². The van der Waals surface area contributed by atoms with E-state index in [4.69, 9.17) is 4.74 Å². The molecular weight excluding hydrogens is 222 g/mol. The SMILES string of the molecule is COc1cc(C)cc(C)c1C1(C2CC2)CCCN1. The third-order valence-electron chi connectivity index (χ3n) is 4.57. The normalized spacial score (nSPS) is 27.5. The van der Waals surface area contributed by atoms with Crippen LogP contribution in [0.3, 0.4) is 0 Å². The minimum Gasteiger partial charge on any atom is -0.496 e. The molecule has 1 saturated carbocycles. The van der Waals surface area contributed by atoms with Crippen LogP contribution < -0.4 is 10.1 Å². The molecule has 2 aliphatic rings. The average molecular weight is 245 g/mol. The predicted octanol–water partition coefficient (Wildman–Crippen LogP) is 3.30. The van der Waals surface area contributed by atoms with Crippen LogP contribution >= 0.6 is 0 Å². The first-order valence-corrected chi connectivity index (χ1v) is 7.08. The highest BCUT2D eigenvalue weighted by Gasteiger charge is 2.49. The van der Waals surface area contributed by atoms with Crippen LogP contribution in [0, 0.1) is 19.8 Å². The predicted molar refractivity (Wildman–Crippen MR) is 74.1 cm³/mol. The second kappa shape index (κ2) is 4.27. The number of rotatable bonds is 3. The highest BCUT2D eigenvalue weighted by atomic mass is 16.5. The van der Waals surface area contributed by atoms with E-state index in [2.05, 4.69) is 31.3 Å². The Hall–Kier alpha value is -1.02. The molecule has 2 nitrogen and oxygen atoms in total. The maximum atomic E-state index is 5.68. The van der Waals surface area contributed by atoms with Gasteiger partial charge in [0.05, 0.1) is 12.6 Å². The molecular formula is C16H23NO. The molecule has 0 spiro atoms. The third kappa shape index (κ3) is 1.74. The van der Waals surface area contributed by atoms with Crippen LogP contribution in [-0.4, -0.2) is 13.7 Å². The topological polar surface area (TPSA) is 21.3 Å². The minimum absolute atomic E-state index is 0.198. The summed E-state index contributed by atoms with van der Waals surface area (Å²) in [5, 5.41) is 3.80. The molecule has 0 bridgehead atoms. The molecule has 1 N–H and O–H groups in total. The molecule has 1 aromatic rings. The van der Waals surface area contributed by atoms with Crippen molar-refractivity contribution in [1.29, 1.82) is 0 Å². The van der Waals surface area contributed by atoms with Crippen molar-refractivity contribution in [1.82, 2.24) is 5.32 Å². The lowest BCUT2D eigenvalue weighted by Crippen LogP contribution is -2.40. The summed E-state index contributed by atoms with van der Waals surface area (Å²) in [5.74, 6) is 1.89. The molecule has 1 aliphatic carbocycles. The molecule has 1 saturated heterocycles. The molecule has 18 heavy (non-hydrogen) atoms. The number of benzene rings is 1. The quantitative estimate of drug-likeness (QED) is 0.882. The number of hydrogen-bond donors (Lipinski definition) is 1. The zero-order valence-electron chi connectivity index (χ0n) is 11.7. The summed E-state index contributed by atoms with van der Waals surface area (Å²) in [5.41, 5.74) is 4.30. The van der Waals surface area contributed by atoms with Gasteiger partial charge in [-0.25, -0.2) is 0 Å². The van der Waals surface area contributed by atoms with Crippen LogP contribution in [0.2, 0.25) is 0 Å². The summed E-state index contributed by atoms with van der Waals surface area (Å²) in [4.78, 5) is 0. The molecule has 0 radical (unpaired) electrons. The largest absolute Gasteiger partial charge is 0.496 e. The molecule has 0 aromatic heterocycles. The van der Waals surface area contributed by atoms with E-state index in [1.165, 1.54) is 42.4 Å². The summed E-state index contributed by atoms with van der Waals surface area (Å²) >= 11 is 0. The Morgan fingerprint density at radius 2 is 2.06 bits per heavy atom. The lowest BCUT2D eigenvalue weighted by atomic mass is 9.80. The first-order valence-electron chi connectivity index (χ1n) is 7.08. The molecule has 1 unspecified atom stereocenters. The van der Waals surface area contributed by atoms with E-state index in [0.29, 0.717) is 0 Å². The fourth-order valence-electron chi connectivity index (χ4n) is 3.77. The smallest absolute Gasteiger partial charge is 0.124 e. The van der Waals surface area contributed by atoms with Crippen molar-refractivity contribution in [3.63, 3.8) is 0 Å². The van der Waals surface area contributed by atoms with Crippen molar-refractivity contribution >= 4 is 0 Å². The Labute approximate surface area is 110 Å². The third-order valence-corrected chi connectivity index (χ3v) is 4.57. The van der Waals surface area contributed by atoms with Gasteiger partial charge in [0.15, 0.2) is 0 Å². The lowest BCUT2D eigenvalue weighted by Gasteiger charge is -2.33. The van der Waals surface area contributed by atoms with Crippen LogP contribution in [0.1, 0.15) is 42.4 Å². The van der Waals surface area contributed by atoms with Crippen molar-refractivity contribution in [3.8, 4) is 5.75 Å². The van der Waals surface area contributed by atoms with E-state index < -0.39 is 0 Å². The van der Waals surface area contributed by atoms with E-state index in [9.17, 15) is 0 Å². The number of methoxy groups -OCH3 is 1. The van der Waals surface area contributed by atoms with E-state index in [1.807, 2.05) is 0 Å². The van der Waals surface area contributed by atoms with Crippen molar-refractivity contribution in [2.45, 2.75) is 45.1 Å². The van der Waals surface area contributed by atoms with Crippen LogP contribution in [0.4, 0.5) is 0 Å². The fourth-order valence-corrected chi connectivity index (χ4v) is 3.77. The highest BCUT2D eigenvalue weighted by molar-refractivity contribution is 5.49. The van der Waals surface area contributed by atoms with Crippen LogP contribution in [0.15, 0.2) is 12.1 Å². The van der Waals surface area contributed by atoms with Gasteiger partial charge in [0.2, 0.25) is 0 Å². The van der Waals surface area contributed by atoms with Gasteiger partial charge in [0.25, 0.3) is 0 Å². The standard InChI is InChI=1S/C16H23NO/c1-11-9-12(2)15(14(10-11)18-3)16(13-5-6-13)7-4-8-17-16/h9-10,13,17H,4-8H2,1-3H3. The van der Waals surface area contributed by atoms with Crippen molar-refractivity contribution < 1.29 is 4.74 Å². The molecule has 1 aromatic carbocycles. The maximum absolute atomic E-state index is 5.68. The monoisotopic (exact) mass is 245 g/mol. The first kappa shape index (κ1) is 12.0. The van der Waals surface area contributed by atoms with E-state index >= 15 is 0 Å². The molecule has 1 heterocycles. The second-order valence-electron chi connectivity index (χ2n) is 5.94. The minimum atomic E-state index is 0.198. The molecule has 2 heteroatoms. The molecule has 98 valence electrons. The molecule has 2 fully saturated rings. The van der Waals surface area contributed by atoms with Gasteiger partial charge in [0, 0.05) is 5.56 Å². The Bertz CT molecular complexity index is 456. The summed E-state index contributed by atoms with van der Waals surface area (Å²) in [6.07, 6.45) is 5.28. The summed E-state index contributed by atoms with van der Waals surface area (Å²) in [6, 6.07) is 4.48. The molecule has 0 amide bonds. The Morgan fingerprint density at radius 3 is 2.61 bits per heavy atom. The van der Waals surface area contributed by atoms with E-state index in [0.717, 1.165) is 18.2 Å². The Morgan fingerprint density at radius 1 is 1.28 bits per heavy atom. The van der Waals surface area contributed by atoms with Crippen LogP contribution in [0.25, 0.3) is 0 Å². The molecule has 1 atom stereocenters. The van der Waals surface area contributed by atoms with Crippen LogP contribution in [-0.2, 0) is 5.54 Å². The average Bonchev–Trinajstić information content (AvgIpc) is 3.09. The van der Waals surface area contributed by atoms with Gasteiger partial charge in [-0.2, -0.15) is 0 Å². The summed E-state index contributed by atoms with van der Waals surface area (Å²) in [7, 11) is 1.80. The lowest BCUT2D eigenvalue weighted by molar-refractivity contribution is 0.312. The van der Waals surface area contributed by atoms with Gasteiger partial charge < -0.3 is 10.1 Å². The molecule has 3 rings (SSSR count). The van der Waals surface area contributed by atoms with Gasteiger partial charge in [-0.1, -0.05) is 6.07 Å². The number of hydrogen-bond acceptors (Lipinski definition) is 2. The highest BCUT2D eigenvalue weighted by Crippen LogP contribution is 2.53. The maximum Gasteiger partial charge on any atom is 0.124 e. The number of aryl methyl sites for hydroxylation is 2. The van der Waals surface area contributed by atoms with Crippen LogP contribution in [0.5, 0.6) is 5.75 Å². The van der Waals surface area contributed by atoms with E-state index in [-0.39, 0.29) is 5.54 Å². The zero-order chi connectivity index (χ0) is 12.8. The molecule has 1 aliphatic heterocycles. The summed E-state index contributed by atoms with van der Waals surface area (Å²) < 4.78 is 5.68. The van der Waals surface area contributed by atoms with Crippen molar-refractivity contribution in [2.75, 3.05) is 13.7 Å².